The summed E-state index contributed by atoms with van der Waals surface area (Å²) in [5.41, 5.74) is 0.318. The summed E-state index contributed by atoms with van der Waals surface area (Å²) in [5.74, 6) is -0.745. The van der Waals surface area contributed by atoms with Crippen LogP contribution in [0.25, 0.3) is 0 Å². The van der Waals surface area contributed by atoms with Crippen LogP contribution in [-0.4, -0.2) is 40.2 Å². The van der Waals surface area contributed by atoms with Crippen molar-refractivity contribution >= 4 is 5.97 Å². The van der Waals surface area contributed by atoms with Crippen LogP contribution in [0.2, 0.25) is 0 Å². The highest BCUT2D eigenvalue weighted by atomic mass is 16.4. The standard InChI is InChI=1S/C14H19NO.C3H6O2/c1-3-10-15-11-9-14(16,12(15)2)13-7-5-4-6-8-13;1-2-3(4)5/h3-8,12,16H,1,9-11H2,2H3;2H2,1H3,(H,4,5). The second-order valence-corrected chi connectivity index (χ2v) is 5.25. The number of carboxylic acid groups (broad SMARTS) is 1. The monoisotopic (exact) mass is 291 g/mol. The van der Waals surface area contributed by atoms with Crippen molar-refractivity contribution in [3.63, 3.8) is 0 Å². The van der Waals surface area contributed by atoms with E-state index in [0.29, 0.717) is 0 Å². The first kappa shape index (κ1) is 17.4. The maximum absolute atomic E-state index is 10.8. The smallest absolute Gasteiger partial charge is 0.303 e. The van der Waals surface area contributed by atoms with Gasteiger partial charge in [0, 0.05) is 25.6 Å². The van der Waals surface area contributed by atoms with Gasteiger partial charge < -0.3 is 10.2 Å². The van der Waals surface area contributed by atoms with E-state index in [1.54, 1.807) is 6.92 Å². The van der Waals surface area contributed by atoms with Crippen molar-refractivity contribution in [3.05, 3.63) is 48.6 Å². The first-order valence-electron chi connectivity index (χ1n) is 7.30. The molecule has 1 fully saturated rings. The third-order valence-electron chi connectivity index (χ3n) is 3.96. The molecule has 0 radical (unpaired) electrons. The van der Waals surface area contributed by atoms with Crippen molar-refractivity contribution in [2.45, 2.75) is 38.3 Å². The van der Waals surface area contributed by atoms with Crippen molar-refractivity contribution in [1.82, 2.24) is 4.90 Å². The lowest BCUT2D eigenvalue weighted by molar-refractivity contribution is -0.136. The highest BCUT2D eigenvalue weighted by Crippen LogP contribution is 2.37. The van der Waals surface area contributed by atoms with Crippen LogP contribution in [0.5, 0.6) is 0 Å². The number of hydrogen-bond donors (Lipinski definition) is 2. The van der Waals surface area contributed by atoms with Crippen LogP contribution in [0.1, 0.15) is 32.3 Å². The summed E-state index contributed by atoms with van der Waals surface area (Å²) in [6.07, 6.45) is 2.92. The molecular formula is C17H25NO3. The maximum Gasteiger partial charge on any atom is 0.303 e. The van der Waals surface area contributed by atoms with Crippen LogP contribution in [-0.2, 0) is 10.4 Å². The van der Waals surface area contributed by atoms with E-state index in [9.17, 15) is 9.90 Å². The van der Waals surface area contributed by atoms with E-state index in [-0.39, 0.29) is 12.5 Å². The molecule has 0 aliphatic carbocycles. The van der Waals surface area contributed by atoms with Gasteiger partial charge in [-0.05, 0) is 18.9 Å². The SMILES string of the molecule is C=CCN1CCC(O)(c2ccccc2)C1C.CCC(=O)O. The number of rotatable bonds is 4. The minimum absolute atomic E-state index is 0.146. The third-order valence-corrected chi connectivity index (χ3v) is 3.96. The van der Waals surface area contributed by atoms with Gasteiger partial charge in [0.2, 0.25) is 0 Å². The van der Waals surface area contributed by atoms with Gasteiger partial charge in [0.05, 0.1) is 0 Å². The zero-order valence-corrected chi connectivity index (χ0v) is 12.8. The molecule has 21 heavy (non-hydrogen) atoms. The van der Waals surface area contributed by atoms with E-state index in [4.69, 9.17) is 5.11 Å². The molecule has 0 aromatic heterocycles. The first-order chi connectivity index (χ1) is 9.95. The summed E-state index contributed by atoms with van der Waals surface area (Å²) in [5, 5.41) is 18.5. The van der Waals surface area contributed by atoms with Crippen LogP contribution in [0.4, 0.5) is 0 Å². The van der Waals surface area contributed by atoms with Gasteiger partial charge in [-0.2, -0.15) is 0 Å². The summed E-state index contributed by atoms with van der Waals surface area (Å²) in [7, 11) is 0. The van der Waals surface area contributed by atoms with Gasteiger partial charge in [-0.15, -0.1) is 6.58 Å². The largest absolute Gasteiger partial charge is 0.481 e. The summed E-state index contributed by atoms with van der Waals surface area (Å²) < 4.78 is 0. The molecule has 2 rings (SSSR count). The van der Waals surface area contributed by atoms with E-state index < -0.39 is 11.6 Å². The van der Waals surface area contributed by atoms with E-state index >= 15 is 0 Å². The van der Waals surface area contributed by atoms with Crippen LogP contribution in [0.15, 0.2) is 43.0 Å². The Balaban J connectivity index is 0.000000383. The quantitative estimate of drug-likeness (QED) is 0.837. The summed E-state index contributed by atoms with van der Waals surface area (Å²) >= 11 is 0. The number of benzene rings is 1. The molecule has 0 saturated carbocycles. The summed E-state index contributed by atoms with van der Waals surface area (Å²) in [4.78, 5) is 11.6. The highest BCUT2D eigenvalue weighted by Gasteiger charge is 2.43. The molecule has 1 aromatic rings. The molecule has 1 aliphatic heterocycles. The number of carbonyl (C=O) groups is 1. The Morgan fingerprint density at radius 1 is 1.48 bits per heavy atom. The zero-order chi connectivity index (χ0) is 15.9. The van der Waals surface area contributed by atoms with Gasteiger partial charge in [-0.25, -0.2) is 0 Å². The van der Waals surface area contributed by atoms with Gasteiger partial charge in [0.15, 0.2) is 0 Å². The van der Waals surface area contributed by atoms with Gasteiger partial charge in [0.1, 0.15) is 5.60 Å². The molecule has 0 spiro atoms. The third kappa shape index (κ3) is 4.41. The van der Waals surface area contributed by atoms with E-state index in [2.05, 4.69) is 18.4 Å². The van der Waals surface area contributed by atoms with Gasteiger partial charge >= 0.3 is 5.97 Å². The highest BCUT2D eigenvalue weighted by molar-refractivity contribution is 5.66. The van der Waals surface area contributed by atoms with Crippen molar-refractivity contribution in [2.75, 3.05) is 13.1 Å². The van der Waals surface area contributed by atoms with Crippen LogP contribution < -0.4 is 0 Å². The zero-order valence-electron chi connectivity index (χ0n) is 12.8. The summed E-state index contributed by atoms with van der Waals surface area (Å²) in [6, 6.07) is 10.1. The number of aliphatic hydroxyl groups is 1. The molecule has 2 N–H and O–H groups in total. The normalized spacial score (nSPS) is 25.0. The lowest BCUT2D eigenvalue weighted by Crippen LogP contribution is -2.40. The van der Waals surface area contributed by atoms with Crippen molar-refractivity contribution in [3.8, 4) is 0 Å². The van der Waals surface area contributed by atoms with Gasteiger partial charge in [0.25, 0.3) is 0 Å². The number of aliphatic carboxylic acids is 1. The Kier molecular flexibility index (Phi) is 6.59. The molecular weight excluding hydrogens is 266 g/mol. The Morgan fingerprint density at radius 3 is 2.52 bits per heavy atom. The Labute approximate surface area is 126 Å². The lowest BCUT2D eigenvalue weighted by Gasteiger charge is -2.31. The lowest BCUT2D eigenvalue weighted by atomic mass is 9.87. The predicted octanol–water partition coefficient (Wildman–Crippen LogP) is 2.64. The molecule has 1 saturated heterocycles. The molecule has 2 unspecified atom stereocenters. The second kappa shape index (κ2) is 7.96. The minimum Gasteiger partial charge on any atom is -0.481 e. The average molecular weight is 291 g/mol. The first-order valence-corrected chi connectivity index (χ1v) is 7.30. The molecule has 4 nitrogen and oxygen atoms in total. The van der Waals surface area contributed by atoms with Crippen LogP contribution in [0.3, 0.4) is 0 Å². The Morgan fingerprint density at radius 2 is 2.05 bits per heavy atom. The van der Waals surface area contributed by atoms with E-state index in [0.717, 1.165) is 25.1 Å². The fourth-order valence-corrected chi connectivity index (χ4v) is 2.55. The Hall–Kier alpha value is -1.65. The topological polar surface area (TPSA) is 60.8 Å². The molecule has 0 bridgehead atoms. The molecule has 1 heterocycles. The molecule has 1 aromatic carbocycles. The minimum atomic E-state index is -0.745. The van der Waals surface area contributed by atoms with Crippen LogP contribution >= 0.6 is 0 Å². The predicted molar refractivity (Wildman–Crippen MR) is 84.1 cm³/mol. The fraction of sp³-hybridized carbons (Fsp3) is 0.471. The number of nitrogens with zero attached hydrogens (tertiary/aromatic N) is 1. The maximum atomic E-state index is 10.8. The van der Waals surface area contributed by atoms with Crippen molar-refractivity contribution < 1.29 is 15.0 Å². The van der Waals surface area contributed by atoms with E-state index in [1.165, 1.54) is 0 Å². The van der Waals surface area contributed by atoms with Crippen LogP contribution in [0, 0.1) is 0 Å². The summed E-state index contributed by atoms with van der Waals surface area (Å²) in [6.45, 7) is 9.21. The number of carboxylic acids is 1. The van der Waals surface area contributed by atoms with Crippen molar-refractivity contribution in [1.29, 1.82) is 0 Å². The van der Waals surface area contributed by atoms with Gasteiger partial charge in [-0.1, -0.05) is 43.3 Å². The van der Waals surface area contributed by atoms with E-state index in [1.807, 2.05) is 36.4 Å². The average Bonchev–Trinajstić information content (AvgIpc) is 2.79. The molecule has 2 atom stereocenters. The molecule has 1 aliphatic rings. The molecule has 116 valence electrons. The Bertz CT molecular complexity index is 460. The molecule has 4 heteroatoms. The number of likely N-dealkylation sites (tertiary alicyclic amines) is 1. The van der Waals surface area contributed by atoms with Gasteiger partial charge in [-0.3, -0.25) is 9.69 Å². The van der Waals surface area contributed by atoms with Crippen molar-refractivity contribution in [2.24, 2.45) is 0 Å². The fourth-order valence-electron chi connectivity index (χ4n) is 2.55. The second-order valence-electron chi connectivity index (χ2n) is 5.25. The number of hydrogen-bond acceptors (Lipinski definition) is 3. The molecule has 0 amide bonds.